The van der Waals surface area contributed by atoms with Gasteiger partial charge in [-0.2, -0.15) is 58.9 Å². The highest BCUT2D eigenvalue weighted by Crippen LogP contribution is 2.41. The third-order valence-corrected chi connectivity index (χ3v) is 16.6. The number of methoxy groups -OCH3 is 7. The molecule has 5 fully saturated rings. The topological polar surface area (TPSA) is 688 Å². The molecule has 49 nitrogen and oxygen atoms in total. The first-order valence-electron chi connectivity index (χ1n) is 24.9. The van der Waals surface area contributed by atoms with Crippen LogP contribution in [0.4, 0.5) is 0 Å². The first kappa shape index (κ1) is 81.0. The Bertz CT molecular complexity index is 3320. The van der Waals surface area contributed by atoms with Crippen molar-refractivity contribution < 1.29 is 221 Å². The van der Waals surface area contributed by atoms with Crippen LogP contribution in [0, 0.1) is 0 Å². The number of ether oxygens (including phenoxy) is 16. The van der Waals surface area contributed by atoms with Crippen molar-refractivity contribution >= 4 is 84.7 Å². The van der Waals surface area contributed by atoms with Gasteiger partial charge >= 0.3 is 84.7 Å². The standard InChI is InChI=1S/C37H62O49S7/c1-64-14-11(8-71-87(43,44)45)75-34(27(68-5)17(14)65-2)79-20-18(66-3)28(69-6)36(81-24(20)31(38)39)78-16-13(10-73-89(49,50)51)76-37(30(86-93(61,62)63)23(16)84-91(55,56)57)80-21-19(67-4)29(70-7)35(82-25(21)32(40)41)77-15-12(9-72-88(46,47)48)74-33(42)26(85-92(58,59)60)22(15)83-90(52,53)54/h11-30,33-37,42H,8-10H2,1-7H3,(H,38,39)(H,40,41)(H,43,44,45)(H,46,47,48)(H,49,50,51)(H,52,53,54)(H,55,56,57)(H,58,59,60)(H,61,62,63)/t11-,12-,13-,14-,15-,16-,17?,18+,19+,20+,21+,22+,23+,24+,25-,26-,27-,28-,29-,30-,33?,34-,35-,36-,37-/m1/s1. The predicted molar refractivity (Wildman–Crippen MR) is 274 cm³/mol. The van der Waals surface area contributed by atoms with Gasteiger partial charge in [0.15, 0.2) is 55.9 Å². The fourth-order valence-corrected chi connectivity index (χ4v) is 12.9. The number of carbonyl (C=O) groups is 2. The quantitative estimate of drug-likeness (QED) is 0.0268. The van der Waals surface area contributed by atoms with Crippen molar-refractivity contribution in [2.75, 3.05) is 69.6 Å². The molecule has 546 valence electrons. The summed E-state index contributed by atoms with van der Waals surface area (Å²) in [5, 5.41) is 32.0. The van der Waals surface area contributed by atoms with Gasteiger partial charge in [-0.05, 0) is 0 Å². The van der Waals surface area contributed by atoms with Crippen molar-refractivity contribution in [2.24, 2.45) is 0 Å². The van der Waals surface area contributed by atoms with Gasteiger partial charge in [0.1, 0.15) is 97.7 Å². The molecule has 25 atom stereocenters. The zero-order valence-electron chi connectivity index (χ0n) is 47.8. The van der Waals surface area contributed by atoms with Crippen molar-refractivity contribution in [1.82, 2.24) is 0 Å². The Balaban J connectivity index is 1.62. The van der Waals surface area contributed by atoms with Gasteiger partial charge in [0.25, 0.3) is 0 Å². The van der Waals surface area contributed by atoms with Gasteiger partial charge in [0.2, 0.25) is 0 Å². The summed E-state index contributed by atoms with van der Waals surface area (Å²) in [5.41, 5.74) is 0. The number of hydrogen-bond acceptors (Lipinski definition) is 40. The third-order valence-electron chi connectivity index (χ3n) is 13.4. The van der Waals surface area contributed by atoms with Crippen molar-refractivity contribution in [3.8, 4) is 0 Å². The lowest BCUT2D eigenvalue weighted by Gasteiger charge is -2.51. The largest absolute Gasteiger partial charge is 0.479 e. The minimum absolute atomic E-state index is 0.691. The molecule has 0 spiro atoms. The second-order valence-corrected chi connectivity index (χ2v) is 26.5. The SMILES string of the molecule is COC1[C@@H](OC)[C@@H](O[C@H]2[C@H](OC)[C@@H](OC)[C@H](O[C@H]3[C@H](OS(=O)(=O)O)[C@@H](OS(=O)(=O)O)[C@@H](O[C@H]4[C@H](OC)[C@@H](OC)[C@H](O[C@H]5[C@H](OS(=O)(=O)O)[C@@H](OS(=O)(=O)O)C(O)O[C@@H]5COS(=O)(=O)O)O[C@H]4C(=O)O)O[C@@H]3COS(=O)(=O)O)O[C@@H]2C(=O)O)O[C@H](COS(=O)(=O)O)[C@H]1OC. The highest BCUT2D eigenvalue weighted by molar-refractivity contribution is 7.82. The summed E-state index contributed by atoms with van der Waals surface area (Å²) < 4.78 is 359. The fourth-order valence-electron chi connectivity index (χ4n) is 10.0. The lowest BCUT2D eigenvalue weighted by Crippen LogP contribution is -2.70. The van der Waals surface area contributed by atoms with Gasteiger partial charge in [-0.15, -0.1) is 0 Å². The van der Waals surface area contributed by atoms with Crippen LogP contribution in [-0.4, -0.2) is 341 Å². The lowest BCUT2D eigenvalue weighted by atomic mass is 9.94. The molecule has 0 amide bonds. The van der Waals surface area contributed by atoms with E-state index in [1.54, 1.807) is 0 Å². The zero-order chi connectivity index (χ0) is 70.5. The Morgan fingerprint density at radius 3 is 0.849 bits per heavy atom. The number of aliphatic hydroxyl groups is 1. The molecule has 93 heavy (non-hydrogen) atoms. The van der Waals surface area contributed by atoms with E-state index < -0.39 is 258 Å². The summed E-state index contributed by atoms with van der Waals surface area (Å²) in [6.45, 7) is -4.42. The molecule has 0 bridgehead atoms. The van der Waals surface area contributed by atoms with Crippen LogP contribution < -0.4 is 0 Å². The number of hydrogen-bond donors (Lipinski definition) is 10. The van der Waals surface area contributed by atoms with E-state index in [4.69, 9.17) is 84.2 Å². The molecule has 56 heteroatoms. The zero-order valence-corrected chi connectivity index (χ0v) is 53.5. The van der Waals surface area contributed by atoms with E-state index in [1.165, 1.54) is 0 Å². The summed E-state index contributed by atoms with van der Waals surface area (Å²) in [4.78, 5) is 26.5. The third kappa shape index (κ3) is 22.7. The molecule has 0 aromatic heterocycles. The maximum absolute atomic E-state index is 13.3. The van der Waals surface area contributed by atoms with E-state index >= 15 is 0 Å². The first-order valence-corrected chi connectivity index (χ1v) is 34.5. The lowest BCUT2D eigenvalue weighted by molar-refractivity contribution is -0.388. The molecule has 5 heterocycles. The average Bonchev–Trinajstić information content (AvgIpc) is 0.769. The molecule has 0 aliphatic carbocycles. The Morgan fingerprint density at radius 1 is 0.301 bits per heavy atom. The van der Waals surface area contributed by atoms with E-state index in [0.717, 1.165) is 35.5 Å². The van der Waals surface area contributed by atoms with Gasteiger partial charge < -0.3 is 91.1 Å². The molecule has 0 aromatic rings. The Kier molecular flexibility index (Phi) is 28.4. The summed E-state index contributed by atoms with van der Waals surface area (Å²) in [5.74, 6) is -4.31. The van der Waals surface area contributed by atoms with Crippen molar-refractivity contribution in [1.29, 1.82) is 0 Å². The minimum Gasteiger partial charge on any atom is -0.479 e. The molecule has 5 saturated heterocycles. The molecule has 0 saturated carbocycles. The Labute approximate surface area is 526 Å². The van der Waals surface area contributed by atoms with Crippen LogP contribution in [0.3, 0.4) is 0 Å². The number of aliphatic hydroxyl groups excluding tert-OH is 1. The summed E-state index contributed by atoms with van der Waals surface area (Å²) in [6, 6.07) is 0. The monoisotopic (exact) mass is 1510 g/mol. The van der Waals surface area contributed by atoms with Crippen LogP contribution in [0.5, 0.6) is 0 Å². The Hall–Kier alpha value is -2.65. The highest BCUT2D eigenvalue weighted by Gasteiger charge is 2.62. The average molecular weight is 1520 g/mol. The van der Waals surface area contributed by atoms with Crippen LogP contribution in [-0.2, 0) is 187 Å². The number of carboxylic acid groups (broad SMARTS) is 2. The summed E-state index contributed by atoms with van der Waals surface area (Å²) in [7, 11) is -34.3. The van der Waals surface area contributed by atoms with Crippen molar-refractivity contribution in [2.45, 2.75) is 154 Å². The maximum atomic E-state index is 13.3. The van der Waals surface area contributed by atoms with Crippen molar-refractivity contribution in [3.05, 3.63) is 0 Å². The Morgan fingerprint density at radius 2 is 0.548 bits per heavy atom. The van der Waals surface area contributed by atoms with Crippen LogP contribution in [0.25, 0.3) is 0 Å². The van der Waals surface area contributed by atoms with Crippen LogP contribution >= 0.6 is 0 Å². The number of carboxylic acids is 2. The van der Waals surface area contributed by atoms with Gasteiger partial charge in [0.05, 0.1) is 19.8 Å². The summed E-state index contributed by atoms with van der Waals surface area (Å²) >= 11 is 0. The normalized spacial score (nSPS) is 37.9. The van der Waals surface area contributed by atoms with E-state index in [0.29, 0.717) is 14.2 Å². The predicted octanol–water partition coefficient (Wildman–Crippen LogP) is -8.37. The highest BCUT2D eigenvalue weighted by atomic mass is 32.3. The molecule has 10 N–H and O–H groups in total. The number of aliphatic carboxylic acids is 2. The van der Waals surface area contributed by atoms with Crippen LogP contribution in [0.1, 0.15) is 0 Å². The second-order valence-electron chi connectivity index (χ2n) is 19.1. The van der Waals surface area contributed by atoms with Gasteiger partial charge in [-0.25, -0.2) is 38.9 Å². The van der Waals surface area contributed by atoms with E-state index in [9.17, 15) is 116 Å². The molecule has 2 unspecified atom stereocenters. The molecule has 0 radical (unpaired) electrons. The van der Waals surface area contributed by atoms with E-state index in [2.05, 4.69) is 20.9 Å². The maximum Gasteiger partial charge on any atom is 0.397 e. The fraction of sp³-hybridized carbons (Fsp3) is 0.946. The number of rotatable bonds is 34. The van der Waals surface area contributed by atoms with E-state index in [-0.39, 0.29) is 0 Å². The molecule has 5 aliphatic rings. The molecular formula is C37H62O49S7. The molecule has 5 rings (SSSR count). The molecule has 0 aromatic carbocycles. The van der Waals surface area contributed by atoms with Crippen molar-refractivity contribution in [3.63, 3.8) is 0 Å². The van der Waals surface area contributed by atoms with Gasteiger partial charge in [0, 0.05) is 49.8 Å². The molecular weight excluding hydrogens is 1450 g/mol. The van der Waals surface area contributed by atoms with Gasteiger partial charge in [-0.3, -0.25) is 31.9 Å². The van der Waals surface area contributed by atoms with E-state index in [1.807, 2.05) is 0 Å². The summed E-state index contributed by atoms with van der Waals surface area (Å²) in [6.07, 6.45) is -60.2. The second kappa shape index (κ2) is 32.6. The van der Waals surface area contributed by atoms with Crippen LogP contribution in [0.15, 0.2) is 0 Å². The minimum atomic E-state index is -6.20. The van der Waals surface area contributed by atoms with Crippen LogP contribution in [0.2, 0.25) is 0 Å². The molecule has 5 aliphatic heterocycles. The van der Waals surface area contributed by atoms with Gasteiger partial charge in [-0.1, -0.05) is 0 Å². The smallest absolute Gasteiger partial charge is 0.397 e. The first-order chi connectivity index (χ1) is 42.7.